The molecule has 1 heterocycles. The van der Waals surface area contributed by atoms with Gasteiger partial charge in [0.25, 0.3) is 0 Å². The highest BCUT2D eigenvalue weighted by molar-refractivity contribution is 6.18. The fourth-order valence-electron chi connectivity index (χ4n) is 0.859. The number of nitriles is 1. The first kappa shape index (κ1) is 11.7. The summed E-state index contributed by atoms with van der Waals surface area (Å²) in [5.74, 6) is -0.766. The van der Waals surface area contributed by atoms with Crippen LogP contribution in [0.1, 0.15) is 17.3 Å². The molecular weight excluding hydrogens is 231 g/mol. The highest BCUT2D eigenvalue weighted by Gasteiger charge is 2.33. The number of hydrogen-bond acceptors (Lipinski definition) is 3. The van der Waals surface area contributed by atoms with Crippen molar-refractivity contribution in [2.24, 2.45) is 0 Å². The van der Waals surface area contributed by atoms with Gasteiger partial charge >= 0.3 is 6.18 Å². The van der Waals surface area contributed by atoms with Crippen LogP contribution in [0.25, 0.3) is 0 Å². The average Bonchev–Trinajstić information content (AvgIpc) is 2.19. The van der Waals surface area contributed by atoms with Crippen LogP contribution >= 0.6 is 11.6 Å². The van der Waals surface area contributed by atoms with Gasteiger partial charge in [-0.2, -0.15) is 23.5 Å². The van der Waals surface area contributed by atoms with Crippen LogP contribution in [-0.2, 0) is 6.18 Å². The SMILES string of the molecule is N#CC(CCl)c1ccc(C(F)(F)F)nn1. The summed E-state index contributed by atoms with van der Waals surface area (Å²) < 4.78 is 36.3. The van der Waals surface area contributed by atoms with E-state index in [9.17, 15) is 13.2 Å². The molecule has 0 aliphatic heterocycles. The first-order valence-electron chi connectivity index (χ1n) is 3.85. The summed E-state index contributed by atoms with van der Waals surface area (Å²) >= 11 is 5.42. The fourth-order valence-corrected chi connectivity index (χ4v) is 1.09. The van der Waals surface area contributed by atoms with Gasteiger partial charge in [-0.15, -0.1) is 16.7 Å². The second-order valence-corrected chi connectivity index (χ2v) is 2.99. The molecule has 1 unspecified atom stereocenters. The summed E-state index contributed by atoms with van der Waals surface area (Å²) in [4.78, 5) is 0. The number of rotatable bonds is 2. The topological polar surface area (TPSA) is 49.6 Å². The van der Waals surface area contributed by atoms with Gasteiger partial charge in [-0.25, -0.2) is 0 Å². The Morgan fingerprint density at radius 1 is 1.40 bits per heavy atom. The highest BCUT2D eigenvalue weighted by Crippen LogP contribution is 2.27. The van der Waals surface area contributed by atoms with Crippen LogP contribution in [0, 0.1) is 11.3 Å². The zero-order chi connectivity index (χ0) is 11.5. The highest BCUT2D eigenvalue weighted by atomic mass is 35.5. The molecule has 0 radical (unpaired) electrons. The van der Waals surface area contributed by atoms with Crippen molar-refractivity contribution in [3.8, 4) is 6.07 Å². The summed E-state index contributed by atoms with van der Waals surface area (Å²) in [5.41, 5.74) is -0.946. The van der Waals surface area contributed by atoms with E-state index in [2.05, 4.69) is 10.2 Å². The van der Waals surface area contributed by atoms with Gasteiger partial charge in [0.1, 0.15) is 5.92 Å². The molecule has 0 aliphatic rings. The van der Waals surface area contributed by atoms with E-state index in [-0.39, 0.29) is 11.6 Å². The van der Waals surface area contributed by atoms with Gasteiger partial charge in [0.05, 0.1) is 11.8 Å². The summed E-state index contributed by atoms with van der Waals surface area (Å²) in [6, 6.07) is 3.69. The van der Waals surface area contributed by atoms with Crippen LogP contribution in [-0.4, -0.2) is 16.1 Å². The Balaban J connectivity index is 2.96. The molecule has 3 nitrogen and oxygen atoms in total. The predicted molar refractivity (Wildman–Crippen MR) is 46.1 cm³/mol. The molecule has 0 spiro atoms. The number of nitrogens with zero attached hydrogens (tertiary/aromatic N) is 3. The summed E-state index contributed by atoms with van der Waals surface area (Å²) in [7, 11) is 0. The van der Waals surface area contributed by atoms with Crippen molar-refractivity contribution in [2.75, 3.05) is 5.88 Å². The van der Waals surface area contributed by atoms with Gasteiger partial charge in [0.15, 0.2) is 5.69 Å². The molecule has 1 rings (SSSR count). The molecule has 0 bridgehead atoms. The lowest BCUT2D eigenvalue weighted by molar-refractivity contribution is -0.141. The lowest BCUT2D eigenvalue weighted by Gasteiger charge is -2.06. The number of aromatic nitrogens is 2. The van der Waals surface area contributed by atoms with Crippen molar-refractivity contribution in [3.05, 3.63) is 23.5 Å². The Labute approximate surface area is 88.5 Å². The standard InChI is InChI=1S/C8H5ClF3N3/c9-3-5(4-13)6-1-2-7(15-14-6)8(10,11)12/h1-2,5H,3H2. The van der Waals surface area contributed by atoms with Crippen LogP contribution < -0.4 is 0 Å². The fraction of sp³-hybridized carbons (Fsp3) is 0.375. The summed E-state index contributed by atoms with van der Waals surface area (Å²) in [6.45, 7) is 0. The third-order valence-electron chi connectivity index (χ3n) is 1.64. The third kappa shape index (κ3) is 2.80. The first-order valence-corrected chi connectivity index (χ1v) is 4.39. The molecule has 0 amide bonds. The van der Waals surface area contributed by atoms with Gasteiger partial charge < -0.3 is 0 Å². The lowest BCUT2D eigenvalue weighted by atomic mass is 10.1. The van der Waals surface area contributed by atoms with Crippen molar-refractivity contribution in [3.63, 3.8) is 0 Å². The van der Waals surface area contributed by atoms with Crippen LogP contribution in [0.4, 0.5) is 13.2 Å². The zero-order valence-corrected chi connectivity index (χ0v) is 8.05. The maximum atomic E-state index is 12.1. The van der Waals surface area contributed by atoms with E-state index >= 15 is 0 Å². The minimum atomic E-state index is -4.52. The van der Waals surface area contributed by atoms with Crippen molar-refractivity contribution in [2.45, 2.75) is 12.1 Å². The van der Waals surface area contributed by atoms with Gasteiger partial charge in [-0.05, 0) is 12.1 Å². The van der Waals surface area contributed by atoms with E-state index < -0.39 is 17.8 Å². The molecule has 0 fully saturated rings. The number of halogens is 4. The maximum absolute atomic E-state index is 12.1. The molecule has 1 aromatic rings. The molecule has 1 aromatic heterocycles. The largest absolute Gasteiger partial charge is 0.435 e. The smallest absolute Gasteiger partial charge is 0.198 e. The maximum Gasteiger partial charge on any atom is 0.435 e. The van der Waals surface area contributed by atoms with Crippen molar-refractivity contribution in [1.82, 2.24) is 10.2 Å². The van der Waals surface area contributed by atoms with E-state index in [0.29, 0.717) is 0 Å². The predicted octanol–water partition coefficient (Wildman–Crippen LogP) is 2.34. The minimum Gasteiger partial charge on any atom is -0.198 e. The average molecular weight is 236 g/mol. The van der Waals surface area contributed by atoms with Gasteiger partial charge in [-0.1, -0.05) is 0 Å². The van der Waals surface area contributed by atoms with Crippen molar-refractivity contribution >= 4 is 11.6 Å². The minimum absolute atomic E-state index is 0.0312. The second kappa shape index (κ2) is 4.45. The monoisotopic (exact) mass is 235 g/mol. The van der Waals surface area contributed by atoms with Gasteiger partial charge in [0.2, 0.25) is 0 Å². The van der Waals surface area contributed by atoms with E-state index in [0.717, 1.165) is 12.1 Å². The Morgan fingerprint density at radius 2 is 2.07 bits per heavy atom. The molecule has 7 heteroatoms. The Bertz CT molecular complexity index is 368. The lowest BCUT2D eigenvalue weighted by Crippen LogP contribution is -2.11. The molecule has 0 aromatic carbocycles. The van der Waals surface area contributed by atoms with E-state index in [4.69, 9.17) is 16.9 Å². The molecule has 0 aliphatic carbocycles. The van der Waals surface area contributed by atoms with Crippen LogP contribution in [0.15, 0.2) is 12.1 Å². The quantitative estimate of drug-likeness (QED) is 0.740. The first-order chi connectivity index (χ1) is 6.99. The third-order valence-corrected chi connectivity index (χ3v) is 1.95. The summed E-state index contributed by atoms with van der Waals surface area (Å²) in [6.07, 6.45) is -4.52. The molecule has 80 valence electrons. The number of hydrogen-bond donors (Lipinski definition) is 0. The Hall–Kier alpha value is -1.35. The molecule has 15 heavy (non-hydrogen) atoms. The van der Waals surface area contributed by atoms with E-state index in [1.54, 1.807) is 0 Å². The van der Waals surface area contributed by atoms with Crippen LogP contribution in [0.2, 0.25) is 0 Å². The van der Waals surface area contributed by atoms with Gasteiger partial charge in [-0.3, -0.25) is 0 Å². The van der Waals surface area contributed by atoms with E-state index in [1.165, 1.54) is 0 Å². The van der Waals surface area contributed by atoms with E-state index in [1.807, 2.05) is 6.07 Å². The van der Waals surface area contributed by atoms with Gasteiger partial charge in [0, 0.05) is 5.88 Å². The zero-order valence-electron chi connectivity index (χ0n) is 7.29. The van der Waals surface area contributed by atoms with Crippen molar-refractivity contribution in [1.29, 1.82) is 5.26 Å². The van der Waals surface area contributed by atoms with Crippen molar-refractivity contribution < 1.29 is 13.2 Å². The van der Waals surface area contributed by atoms with Crippen LogP contribution in [0.3, 0.4) is 0 Å². The van der Waals surface area contributed by atoms with Crippen LogP contribution in [0.5, 0.6) is 0 Å². The Morgan fingerprint density at radius 3 is 2.40 bits per heavy atom. The molecule has 0 saturated heterocycles. The molecular formula is C8H5ClF3N3. The normalized spacial score (nSPS) is 13.3. The number of alkyl halides is 4. The Kier molecular flexibility index (Phi) is 3.48. The second-order valence-electron chi connectivity index (χ2n) is 2.68. The molecule has 0 N–H and O–H groups in total. The molecule has 0 saturated carbocycles. The summed E-state index contributed by atoms with van der Waals surface area (Å²) in [5, 5.41) is 14.9. The molecule has 1 atom stereocenters.